The van der Waals surface area contributed by atoms with Gasteiger partial charge in [0.1, 0.15) is 12.6 Å². The minimum Gasteiger partial charge on any atom is -0.480 e. The molecule has 1 aromatic carbocycles. The van der Waals surface area contributed by atoms with Gasteiger partial charge in [-0.1, -0.05) is 18.6 Å². The highest BCUT2D eigenvalue weighted by molar-refractivity contribution is 5.86. The topological polar surface area (TPSA) is 79.6 Å². The van der Waals surface area contributed by atoms with E-state index < -0.39 is 12.0 Å². The molecule has 1 saturated heterocycles. The van der Waals surface area contributed by atoms with Crippen LogP contribution in [-0.4, -0.2) is 39.0 Å². The molecule has 1 aliphatic carbocycles. The summed E-state index contributed by atoms with van der Waals surface area (Å²) in [6.45, 7) is 0.572. The van der Waals surface area contributed by atoms with Crippen LogP contribution in [0.1, 0.15) is 19.3 Å². The van der Waals surface area contributed by atoms with Crippen LogP contribution >= 0.6 is 0 Å². The fraction of sp³-hybridized carbons (Fsp3) is 0.421. The molecule has 25 heavy (non-hydrogen) atoms. The Morgan fingerprint density at radius 1 is 1.16 bits per heavy atom. The van der Waals surface area contributed by atoms with Crippen molar-refractivity contribution < 1.29 is 14.7 Å². The summed E-state index contributed by atoms with van der Waals surface area (Å²) in [4.78, 5) is 38.1. The zero-order valence-corrected chi connectivity index (χ0v) is 13.8. The predicted octanol–water partition coefficient (Wildman–Crippen LogP) is 1.71. The standard InChI is InChI=1S/C19H20N2O4/c22-16-8-9-20(15-7-2-1-5-14(15)16)11-17(23)21-10-12-4-3-6-13(12)18(21)19(24)25/h1-2,5,7-9,12-13,18H,3-4,6,10-11H2,(H,24,25). The Bertz CT molecular complexity index is 904. The van der Waals surface area contributed by atoms with Crippen molar-refractivity contribution in [1.29, 1.82) is 0 Å². The molecule has 1 saturated carbocycles. The number of carbonyl (C=O) groups is 2. The Kier molecular flexibility index (Phi) is 3.82. The summed E-state index contributed by atoms with van der Waals surface area (Å²) in [5.41, 5.74) is 0.605. The number of aromatic nitrogens is 1. The maximum absolute atomic E-state index is 12.9. The number of rotatable bonds is 3. The normalized spacial score (nSPS) is 25.3. The Hall–Kier alpha value is -2.63. The fourth-order valence-corrected chi connectivity index (χ4v) is 4.51. The number of hydrogen-bond acceptors (Lipinski definition) is 3. The Labute approximate surface area is 144 Å². The summed E-state index contributed by atoms with van der Waals surface area (Å²) < 4.78 is 1.73. The maximum atomic E-state index is 12.9. The second-order valence-corrected chi connectivity index (χ2v) is 7.01. The van der Waals surface area contributed by atoms with Crippen LogP contribution in [0.5, 0.6) is 0 Å². The number of pyridine rings is 1. The number of carbonyl (C=O) groups excluding carboxylic acids is 1. The van der Waals surface area contributed by atoms with E-state index in [0.29, 0.717) is 23.4 Å². The number of benzene rings is 1. The van der Waals surface area contributed by atoms with E-state index in [4.69, 9.17) is 0 Å². The van der Waals surface area contributed by atoms with Crippen molar-refractivity contribution in [3.05, 3.63) is 46.8 Å². The van der Waals surface area contributed by atoms with Gasteiger partial charge in [0, 0.05) is 24.2 Å². The van der Waals surface area contributed by atoms with Crippen LogP contribution in [0.25, 0.3) is 10.9 Å². The fourth-order valence-electron chi connectivity index (χ4n) is 4.51. The summed E-state index contributed by atoms with van der Waals surface area (Å²) in [7, 11) is 0. The Morgan fingerprint density at radius 3 is 2.76 bits per heavy atom. The molecule has 4 rings (SSSR count). The number of fused-ring (bicyclic) bond motifs is 2. The molecule has 1 aliphatic heterocycles. The van der Waals surface area contributed by atoms with Crippen LogP contribution in [0, 0.1) is 11.8 Å². The van der Waals surface area contributed by atoms with Gasteiger partial charge in [0.25, 0.3) is 0 Å². The highest BCUT2D eigenvalue weighted by atomic mass is 16.4. The lowest BCUT2D eigenvalue weighted by atomic mass is 9.94. The minimum atomic E-state index is -0.910. The van der Waals surface area contributed by atoms with Crippen molar-refractivity contribution in [2.24, 2.45) is 11.8 Å². The van der Waals surface area contributed by atoms with Gasteiger partial charge in [-0.05, 0) is 36.8 Å². The third kappa shape index (κ3) is 2.62. The third-order valence-corrected chi connectivity index (χ3v) is 5.65. The number of likely N-dealkylation sites (tertiary alicyclic amines) is 1. The van der Waals surface area contributed by atoms with Crippen molar-refractivity contribution in [3.8, 4) is 0 Å². The summed E-state index contributed by atoms with van der Waals surface area (Å²) in [6.07, 6.45) is 4.53. The zero-order valence-electron chi connectivity index (χ0n) is 13.8. The van der Waals surface area contributed by atoms with Gasteiger partial charge in [-0.3, -0.25) is 9.59 Å². The lowest BCUT2D eigenvalue weighted by Crippen LogP contribution is -2.44. The summed E-state index contributed by atoms with van der Waals surface area (Å²) in [6, 6.07) is 7.88. The van der Waals surface area contributed by atoms with Crippen LogP contribution in [0.2, 0.25) is 0 Å². The van der Waals surface area contributed by atoms with Crippen LogP contribution in [0.3, 0.4) is 0 Å². The van der Waals surface area contributed by atoms with E-state index in [9.17, 15) is 19.5 Å². The van der Waals surface area contributed by atoms with Gasteiger partial charge in [0.15, 0.2) is 5.43 Å². The summed E-state index contributed by atoms with van der Waals surface area (Å²) in [5, 5.41) is 10.2. The molecule has 6 nitrogen and oxygen atoms in total. The lowest BCUT2D eigenvalue weighted by molar-refractivity contribution is -0.149. The molecule has 2 fully saturated rings. The van der Waals surface area contributed by atoms with E-state index in [1.165, 1.54) is 11.0 Å². The van der Waals surface area contributed by atoms with Gasteiger partial charge in [-0.25, -0.2) is 4.79 Å². The van der Waals surface area contributed by atoms with Crippen LogP contribution in [0.4, 0.5) is 0 Å². The number of hydrogen-bond donors (Lipinski definition) is 1. The van der Waals surface area contributed by atoms with Crippen LogP contribution in [-0.2, 0) is 16.1 Å². The SMILES string of the molecule is O=C(O)C1C2CCCC2CN1C(=O)Cn1ccc(=O)c2ccccc21. The molecular weight excluding hydrogens is 320 g/mol. The van der Waals surface area contributed by atoms with E-state index in [1.807, 2.05) is 6.07 Å². The average molecular weight is 340 g/mol. The second kappa shape index (κ2) is 6.02. The van der Waals surface area contributed by atoms with Gasteiger partial charge < -0.3 is 14.6 Å². The van der Waals surface area contributed by atoms with Gasteiger partial charge in [-0.15, -0.1) is 0 Å². The summed E-state index contributed by atoms with van der Waals surface area (Å²) >= 11 is 0. The van der Waals surface area contributed by atoms with E-state index in [-0.39, 0.29) is 23.8 Å². The van der Waals surface area contributed by atoms with Crippen molar-refractivity contribution in [1.82, 2.24) is 9.47 Å². The highest BCUT2D eigenvalue weighted by Gasteiger charge is 2.49. The second-order valence-electron chi connectivity index (χ2n) is 7.01. The van der Waals surface area contributed by atoms with Crippen molar-refractivity contribution >= 4 is 22.8 Å². The number of aliphatic carboxylic acids is 1. The molecule has 0 spiro atoms. The first-order valence-corrected chi connectivity index (χ1v) is 8.67. The molecule has 2 aliphatic rings. The van der Waals surface area contributed by atoms with E-state index in [0.717, 1.165) is 19.3 Å². The Morgan fingerprint density at radius 2 is 1.96 bits per heavy atom. The smallest absolute Gasteiger partial charge is 0.326 e. The molecule has 130 valence electrons. The first-order chi connectivity index (χ1) is 12.1. The highest BCUT2D eigenvalue weighted by Crippen LogP contribution is 2.42. The number of carboxylic acid groups (broad SMARTS) is 1. The largest absolute Gasteiger partial charge is 0.480 e. The molecular formula is C19H20N2O4. The van der Waals surface area contributed by atoms with Gasteiger partial charge >= 0.3 is 5.97 Å². The third-order valence-electron chi connectivity index (χ3n) is 5.65. The molecule has 3 unspecified atom stereocenters. The molecule has 0 bridgehead atoms. The number of carboxylic acids is 1. The zero-order chi connectivity index (χ0) is 17.6. The number of para-hydroxylation sites is 1. The molecule has 3 atom stereocenters. The maximum Gasteiger partial charge on any atom is 0.326 e. The molecule has 6 heteroatoms. The minimum absolute atomic E-state index is 0.0456. The van der Waals surface area contributed by atoms with E-state index >= 15 is 0 Å². The van der Waals surface area contributed by atoms with Crippen molar-refractivity contribution in [2.45, 2.75) is 31.8 Å². The Balaban J connectivity index is 1.63. The van der Waals surface area contributed by atoms with Gasteiger partial charge in [0.05, 0.1) is 5.52 Å². The van der Waals surface area contributed by atoms with Gasteiger partial charge in [0.2, 0.25) is 5.91 Å². The predicted molar refractivity (Wildman–Crippen MR) is 92.2 cm³/mol. The lowest BCUT2D eigenvalue weighted by Gasteiger charge is -2.25. The summed E-state index contributed by atoms with van der Waals surface area (Å²) in [5.74, 6) is -0.730. The first kappa shape index (κ1) is 15.9. The molecule has 0 radical (unpaired) electrons. The molecule has 1 aromatic heterocycles. The van der Waals surface area contributed by atoms with E-state index in [1.54, 1.807) is 29.0 Å². The number of amides is 1. The average Bonchev–Trinajstić information content (AvgIpc) is 3.18. The van der Waals surface area contributed by atoms with Crippen molar-refractivity contribution in [2.75, 3.05) is 6.54 Å². The molecule has 2 heterocycles. The molecule has 1 N–H and O–H groups in total. The molecule has 1 amide bonds. The van der Waals surface area contributed by atoms with Crippen LogP contribution in [0.15, 0.2) is 41.3 Å². The quantitative estimate of drug-likeness (QED) is 0.922. The first-order valence-electron chi connectivity index (χ1n) is 8.67. The number of nitrogens with zero attached hydrogens (tertiary/aromatic N) is 2. The molecule has 2 aromatic rings. The monoisotopic (exact) mass is 340 g/mol. The van der Waals surface area contributed by atoms with Crippen molar-refractivity contribution in [3.63, 3.8) is 0 Å². The van der Waals surface area contributed by atoms with Gasteiger partial charge in [-0.2, -0.15) is 0 Å². The van der Waals surface area contributed by atoms with Crippen LogP contribution < -0.4 is 5.43 Å². The van der Waals surface area contributed by atoms with E-state index in [2.05, 4.69) is 0 Å².